The summed E-state index contributed by atoms with van der Waals surface area (Å²) >= 11 is 0. The number of carbonyl (C=O) groups is 2. The summed E-state index contributed by atoms with van der Waals surface area (Å²) in [7, 11) is 1.65. The fourth-order valence-electron chi connectivity index (χ4n) is 3.33. The van der Waals surface area contributed by atoms with Crippen LogP contribution in [0.25, 0.3) is 0 Å². The number of piperidine rings is 1. The zero-order valence-electron chi connectivity index (χ0n) is 12.8. The van der Waals surface area contributed by atoms with Crippen molar-refractivity contribution in [3.63, 3.8) is 0 Å². The second-order valence-corrected chi connectivity index (χ2v) is 6.23. The van der Waals surface area contributed by atoms with E-state index >= 15 is 0 Å². The molecule has 1 aromatic rings. The van der Waals surface area contributed by atoms with E-state index in [0.29, 0.717) is 31.8 Å². The normalized spacial score (nSPS) is 24.9. The van der Waals surface area contributed by atoms with Crippen LogP contribution in [-0.4, -0.2) is 36.9 Å². The highest BCUT2D eigenvalue weighted by Crippen LogP contribution is 2.49. The van der Waals surface area contributed by atoms with Crippen LogP contribution in [-0.2, 0) is 9.59 Å². The molecular weight excluding hydrogens is 280 g/mol. The quantitative estimate of drug-likeness (QED) is 0.916. The van der Waals surface area contributed by atoms with Crippen LogP contribution in [0.3, 0.4) is 0 Å². The van der Waals surface area contributed by atoms with Gasteiger partial charge >= 0.3 is 0 Å². The monoisotopic (exact) mass is 302 g/mol. The first-order valence-corrected chi connectivity index (χ1v) is 7.82. The third-order valence-electron chi connectivity index (χ3n) is 4.84. The molecule has 1 saturated heterocycles. The van der Waals surface area contributed by atoms with Gasteiger partial charge in [-0.1, -0.05) is 12.1 Å². The number of carbonyl (C=O) groups excluding carboxylic acids is 2. The molecule has 0 aromatic heterocycles. The highest BCUT2D eigenvalue weighted by atomic mass is 16.5. The first-order valence-electron chi connectivity index (χ1n) is 7.82. The molecule has 1 saturated carbocycles. The number of likely N-dealkylation sites (tertiary alicyclic amines) is 1. The molecule has 2 aliphatic rings. The smallest absolute Gasteiger partial charge is 0.226 e. The van der Waals surface area contributed by atoms with Crippen molar-refractivity contribution >= 4 is 11.8 Å². The Labute approximate surface area is 130 Å². The van der Waals surface area contributed by atoms with E-state index < -0.39 is 0 Å². The lowest BCUT2D eigenvalue weighted by molar-refractivity contribution is -0.136. The van der Waals surface area contributed by atoms with Gasteiger partial charge in [0.15, 0.2) is 0 Å². The van der Waals surface area contributed by atoms with Crippen molar-refractivity contribution in [1.29, 1.82) is 0 Å². The van der Waals surface area contributed by atoms with E-state index in [1.807, 2.05) is 23.1 Å². The van der Waals surface area contributed by atoms with E-state index in [9.17, 15) is 9.59 Å². The van der Waals surface area contributed by atoms with Gasteiger partial charge in [-0.05, 0) is 42.9 Å². The molecule has 3 rings (SSSR count). The molecule has 5 heteroatoms. The average Bonchev–Trinajstić information content (AvgIpc) is 3.35. The second kappa shape index (κ2) is 5.99. The van der Waals surface area contributed by atoms with Gasteiger partial charge in [-0.2, -0.15) is 0 Å². The first kappa shape index (κ1) is 14.9. The Kier molecular flexibility index (Phi) is 4.05. The number of benzene rings is 1. The Morgan fingerprint density at radius 2 is 2.00 bits per heavy atom. The Bertz CT molecular complexity index is 579. The third kappa shape index (κ3) is 2.93. The Morgan fingerprint density at radius 1 is 1.27 bits per heavy atom. The van der Waals surface area contributed by atoms with Gasteiger partial charge in [0, 0.05) is 24.9 Å². The fourth-order valence-corrected chi connectivity index (χ4v) is 3.33. The fraction of sp³-hybridized carbons (Fsp3) is 0.529. The highest BCUT2D eigenvalue weighted by Gasteiger charge is 2.46. The number of nitrogens with two attached hydrogens (primary N) is 1. The van der Waals surface area contributed by atoms with Crippen LogP contribution in [0.5, 0.6) is 5.75 Å². The summed E-state index contributed by atoms with van der Waals surface area (Å²) in [6.07, 6.45) is 2.29. The lowest BCUT2D eigenvalue weighted by Crippen LogP contribution is -2.42. The number of hydrogen-bond acceptors (Lipinski definition) is 3. The maximum Gasteiger partial charge on any atom is 0.226 e. The predicted molar refractivity (Wildman–Crippen MR) is 82.3 cm³/mol. The van der Waals surface area contributed by atoms with Crippen molar-refractivity contribution in [2.24, 2.45) is 17.6 Å². The zero-order valence-corrected chi connectivity index (χ0v) is 12.8. The second-order valence-electron chi connectivity index (χ2n) is 6.23. The number of amides is 2. The number of rotatable bonds is 4. The van der Waals surface area contributed by atoms with Crippen LogP contribution in [0.4, 0.5) is 0 Å². The minimum absolute atomic E-state index is 0.0718. The van der Waals surface area contributed by atoms with Crippen molar-refractivity contribution in [1.82, 2.24) is 4.90 Å². The molecule has 2 amide bonds. The molecule has 1 aliphatic carbocycles. The molecule has 118 valence electrons. The SMILES string of the molecule is COc1cccc(C2CC2C(=O)N2CCC(C(N)=O)CC2)c1. The Balaban J connectivity index is 1.58. The molecule has 2 atom stereocenters. The number of methoxy groups -OCH3 is 1. The maximum atomic E-state index is 12.6. The van der Waals surface area contributed by atoms with E-state index in [1.54, 1.807) is 7.11 Å². The van der Waals surface area contributed by atoms with Crippen LogP contribution >= 0.6 is 0 Å². The van der Waals surface area contributed by atoms with Crippen molar-refractivity contribution in [3.05, 3.63) is 29.8 Å². The van der Waals surface area contributed by atoms with Gasteiger partial charge < -0.3 is 15.4 Å². The summed E-state index contributed by atoms with van der Waals surface area (Å²) in [5, 5.41) is 0. The standard InChI is InChI=1S/C17H22N2O3/c1-22-13-4-2-3-12(9-13)14-10-15(14)17(21)19-7-5-11(6-8-19)16(18)20/h2-4,9,11,14-15H,5-8,10H2,1H3,(H2,18,20). The topological polar surface area (TPSA) is 72.6 Å². The summed E-state index contributed by atoms with van der Waals surface area (Å²) in [5.41, 5.74) is 6.50. The molecule has 2 fully saturated rings. The van der Waals surface area contributed by atoms with Gasteiger partial charge in [0.05, 0.1) is 7.11 Å². The molecule has 1 aromatic carbocycles. The van der Waals surface area contributed by atoms with Gasteiger partial charge in [0.2, 0.25) is 11.8 Å². The van der Waals surface area contributed by atoms with Gasteiger partial charge in [-0.3, -0.25) is 9.59 Å². The van der Waals surface area contributed by atoms with E-state index in [1.165, 1.54) is 5.56 Å². The maximum absolute atomic E-state index is 12.6. The van der Waals surface area contributed by atoms with Crippen molar-refractivity contribution < 1.29 is 14.3 Å². The molecular formula is C17H22N2O3. The molecule has 2 unspecified atom stereocenters. The zero-order chi connectivity index (χ0) is 15.7. The molecule has 1 aliphatic heterocycles. The van der Waals surface area contributed by atoms with E-state index in [-0.39, 0.29) is 23.7 Å². The van der Waals surface area contributed by atoms with Crippen molar-refractivity contribution in [2.75, 3.05) is 20.2 Å². The largest absolute Gasteiger partial charge is 0.497 e. The summed E-state index contributed by atoms with van der Waals surface area (Å²) in [4.78, 5) is 25.6. The minimum Gasteiger partial charge on any atom is -0.497 e. The van der Waals surface area contributed by atoms with Crippen LogP contribution in [0.2, 0.25) is 0 Å². The van der Waals surface area contributed by atoms with Crippen LogP contribution < -0.4 is 10.5 Å². The number of hydrogen-bond donors (Lipinski definition) is 1. The van der Waals surface area contributed by atoms with E-state index in [4.69, 9.17) is 10.5 Å². The first-order chi connectivity index (χ1) is 10.6. The molecule has 22 heavy (non-hydrogen) atoms. The number of nitrogens with zero attached hydrogens (tertiary/aromatic N) is 1. The number of ether oxygens (including phenoxy) is 1. The van der Waals surface area contributed by atoms with Crippen molar-refractivity contribution in [2.45, 2.75) is 25.2 Å². The lowest BCUT2D eigenvalue weighted by Gasteiger charge is -2.30. The summed E-state index contributed by atoms with van der Waals surface area (Å²) in [6.45, 7) is 1.29. The highest BCUT2D eigenvalue weighted by molar-refractivity contribution is 5.83. The van der Waals surface area contributed by atoms with Gasteiger partial charge in [-0.25, -0.2) is 0 Å². The molecule has 1 heterocycles. The van der Waals surface area contributed by atoms with Crippen LogP contribution in [0.15, 0.2) is 24.3 Å². The van der Waals surface area contributed by atoms with E-state index in [0.717, 1.165) is 12.2 Å². The third-order valence-corrected chi connectivity index (χ3v) is 4.84. The lowest BCUT2D eigenvalue weighted by atomic mass is 9.96. The van der Waals surface area contributed by atoms with Gasteiger partial charge in [0.25, 0.3) is 0 Å². The number of primary amides is 1. The Morgan fingerprint density at radius 3 is 2.64 bits per heavy atom. The molecule has 0 bridgehead atoms. The van der Waals surface area contributed by atoms with E-state index in [2.05, 4.69) is 6.07 Å². The molecule has 0 spiro atoms. The summed E-state index contributed by atoms with van der Waals surface area (Å²) in [6, 6.07) is 7.95. The Hall–Kier alpha value is -2.04. The average molecular weight is 302 g/mol. The van der Waals surface area contributed by atoms with Crippen LogP contribution in [0.1, 0.15) is 30.7 Å². The van der Waals surface area contributed by atoms with Gasteiger partial charge in [0.1, 0.15) is 5.75 Å². The summed E-state index contributed by atoms with van der Waals surface area (Å²) < 4.78 is 5.24. The molecule has 2 N–H and O–H groups in total. The van der Waals surface area contributed by atoms with Gasteiger partial charge in [-0.15, -0.1) is 0 Å². The van der Waals surface area contributed by atoms with Crippen LogP contribution in [0, 0.1) is 11.8 Å². The summed E-state index contributed by atoms with van der Waals surface area (Å²) in [5.74, 6) is 1.12. The van der Waals surface area contributed by atoms with Crippen molar-refractivity contribution in [3.8, 4) is 5.75 Å². The minimum atomic E-state index is -0.243. The molecule has 5 nitrogen and oxygen atoms in total. The molecule has 0 radical (unpaired) electrons. The predicted octanol–water partition coefficient (Wildman–Crippen LogP) is 1.52.